The van der Waals surface area contributed by atoms with Crippen LogP contribution in [0, 0.1) is 5.82 Å². The highest BCUT2D eigenvalue weighted by Crippen LogP contribution is 2.24. The first-order valence-electron chi connectivity index (χ1n) is 5.32. The minimum atomic E-state index is -0.353. The largest absolute Gasteiger partial charge is 0.485 e. The van der Waals surface area contributed by atoms with Gasteiger partial charge >= 0.3 is 0 Å². The monoisotopic (exact) mass is 227 g/mol. The molecule has 0 saturated heterocycles. The number of benzene rings is 1. The molecular weight excluding hydrogens is 209 g/mol. The molecule has 0 aromatic heterocycles. The number of rotatable bonds is 6. The standard InChI is InChI=1S/C12H18FNO2/c1-9(8-15-2)16-12-10(6-7-14)4-3-5-11(12)13/h3-5,9H,6-8,14H2,1-2H3. The zero-order chi connectivity index (χ0) is 12.0. The predicted molar refractivity (Wildman–Crippen MR) is 61.1 cm³/mol. The van der Waals surface area contributed by atoms with Crippen LogP contribution in [0.3, 0.4) is 0 Å². The molecule has 0 amide bonds. The van der Waals surface area contributed by atoms with Gasteiger partial charge in [0.05, 0.1) is 6.61 Å². The van der Waals surface area contributed by atoms with E-state index in [1.54, 1.807) is 13.2 Å². The van der Waals surface area contributed by atoms with Gasteiger partial charge in [-0.25, -0.2) is 4.39 Å². The maximum absolute atomic E-state index is 13.6. The van der Waals surface area contributed by atoms with Crippen LogP contribution in [-0.4, -0.2) is 26.4 Å². The summed E-state index contributed by atoms with van der Waals surface area (Å²) in [5.74, 6) is -0.0635. The van der Waals surface area contributed by atoms with Crippen LogP contribution in [0.2, 0.25) is 0 Å². The first-order valence-corrected chi connectivity index (χ1v) is 5.32. The Morgan fingerprint density at radius 3 is 2.81 bits per heavy atom. The van der Waals surface area contributed by atoms with Crippen molar-refractivity contribution in [1.82, 2.24) is 0 Å². The van der Waals surface area contributed by atoms with E-state index in [1.165, 1.54) is 6.07 Å². The molecule has 90 valence electrons. The van der Waals surface area contributed by atoms with Crippen molar-refractivity contribution >= 4 is 0 Å². The number of methoxy groups -OCH3 is 1. The quantitative estimate of drug-likeness (QED) is 0.805. The van der Waals surface area contributed by atoms with Crippen molar-refractivity contribution < 1.29 is 13.9 Å². The predicted octanol–water partition coefficient (Wildman–Crippen LogP) is 1.74. The van der Waals surface area contributed by atoms with Gasteiger partial charge in [0.1, 0.15) is 6.10 Å². The van der Waals surface area contributed by atoms with Crippen molar-refractivity contribution in [2.24, 2.45) is 5.73 Å². The van der Waals surface area contributed by atoms with Crippen molar-refractivity contribution in [2.45, 2.75) is 19.4 Å². The van der Waals surface area contributed by atoms with E-state index in [9.17, 15) is 4.39 Å². The van der Waals surface area contributed by atoms with Gasteiger partial charge in [0, 0.05) is 7.11 Å². The van der Waals surface area contributed by atoms with Gasteiger partial charge in [-0.1, -0.05) is 12.1 Å². The van der Waals surface area contributed by atoms with Gasteiger partial charge in [0.25, 0.3) is 0 Å². The van der Waals surface area contributed by atoms with Crippen LogP contribution in [0.1, 0.15) is 12.5 Å². The molecule has 0 fully saturated rings. The molecule has 4 heteroatoms. The molecule has 0 aliphatic heterocycles. The third kappa shape index (κ3) is 3.47. The Bertz CT molecular complexity index is 331. The van der Waals surface area contributed by atoms with Crippen LogP contribution in [0.5, 0.6) is 5.75 Å². The Kier molecular flexibility index (Phi) is 5.22. The summed E-state index contributed by atoms with van der Waals surface area (Å²) in [7, 11) is 1.59. The summed E-state index contributed by atoms with van der Waals surface area (Å²) in [6, 6.07) is 4.87. The fourth-order valence-corrected chi connectivity index (χ4v) is 1.51. The highest BCUT2D eigenvalue weighted by Gasteiger charge is 2.12. The Hall–Kier alpha value is -1.13. The lowest BCUT2D eigenvalue weighted by atomic mass is 10.1. The van der Waals surface area contributed by atoms with Crippen LogP contribution in [0.15, 0.2) is 18.2 Å². The molecule has 0 spiro atoms. The van der Waals surface area contributed by atoms with E-state index < -0.39 is 0 Å². The fraction of sp³-hybridized carbons (Fsp3) is 0.500. The third-order valence-electron chi connectivity index (χ3n) is 2.18. The summed E-state index contributed by atoms with van der Waals surface area (Å²) in [5, 5.41) is 0. The number of nitrogens with two attached hydrogens (primary N) is 1. The van der Waals surface area contributed by atoms with Crippen LogP contribution < -0.4 is 10.5 Å². The van der Waals surface area contributed by atoms with E-state index in [4.69, 9.17) is 15.2 Å². The summed E-state index contributed by atoms with van der Waals surface area (Å²) in [6.07, 6.45) is 0.422. The minimum absolute atomic E-state index is 0.182. The first kappa shape index (κ1) is 12.9. The molecule has 0 bridgehead atoms. The molecule has 1 unspecified atom stereocenters. The summed E-state index contributed by atoms with van der Waals surface area (Å²) in [6.45, 7) is 2.73. The molecule has 0 heterocycles. The third-order valence-corrected chi connectivity index (χ3v) is 2.18. The van der Waals surface area contributed by atoms with Gasteiger partial charge < -0.3 is 15.2 Å². The highest BCUT2D eigenvalue weighted by molar-refractivity contribution is 5.35. The maximum atomic E-state index is 13.6. The molecule has 1 rings (SSSR count). The number of hydrogen-bond donors (Lipinski definition) is 1. The lowest BCUT2D eigenvalue weighted by molar-refractivity contribution is 0.0886. The minimum Gasteiger partial charge on any atom is -0.485 e. The Morgan fingerprint density at radius 2 is 2.19 bits per heavy atom. The smallest absolute Gasteiger partial charge is 0.165 e. The van der Waals surface area contributed by atoms with Gasteiger partial charge in [0.15, 0.2) is 11.6 Å². The van der Waals surface area contributed by atoms with Crippen LogP contribution in [0.25, 0.3) is 0 Å². The second kappa shape index (κ2) is 6.45. The van der Waals surface area contributed by atoms with Gasteiger partial charge in [-0.3, -0.25) is 0 Å². The fourth-order valence-electron chi connectivity index (χ4n) is 1.51. The van der Waals surface area contributed by atoms with Gasteiger partial charge in [-0.2, -0.15) is 0 Å². The number of halogens is 1. The van der Waals surface area contributed by atoms with E-state index in [-0.39, 0.29) is 17.7 Å². The zero-order valence-corrected chi connectivity index (χ0v) is 9.70. The topological polar surface area (TPSA) is 44.5 Å². The lowest BCUT2D eigenvalue weighted by Crippen LogP contribution is -2.20. The maximum Gasteiger partial charge on any atom is 0.165 e. The molecule has 3 nitrogen and oxygen atoms in total. The number of hydrogen-bond acceptors (Lipinski definition) is 3. The molecule has 0 aliphatic rings. The van der Waals surface area contributed by atoms with E-state index in [1.807, 2.05) is 13.0 Å². The normalized spacial score (nSPS) is 12.5. The highest BCUT2D eigenvalue weighted by atomic mass is 19.1. The molecule has 1 atom stereocenters. The second-order valence-corrected chi connectivity index (χ2v) is 3.65. The van der Waals surface area contributed by atoms with Gasteiger partial charge in [0.2, 0.25) is 0 Å². The van der Waals surface area contributed by atoms with Gasteiger partial charge in [-0.05, 0) is 31.5 Å². The average molecular weight is 227 g/mol. The van der Waals surface area contributed by atoms with E-state index in [0.29, 0.717) is 19.6 Å². The molecule has 2 N–H and O–H groups in total. The molecule has 0 aliphatic carbocycles. The molecule has 16 heavy (non-hydrogen) atoms. The SMILES string of the molecule is COCC(C)Oc1c(F)cccc1CCN. The molecule has 0 saturated carbocycles. The van der Waals surface area contributed by atoms with Crippen molar-refractivity contribution in [1.29, 1.82) is 0 Å². The van der Waals surface area contributed by atoms with Crippen molar-refractivity contribution in [3.05, 3.63) is 29.6 Å². The van der Waals surface area contributed by atoms with Crippen molar-refractivity contribution in [2.75, 3.05) is 20.3 Å². The molecule has 1 aromatic rings. The van der Waals surface area contributed by atoms with Crippen LogP contribution in [-0.2, 0) is 11.2 Å². The Labute approximate surface area is 95.4 Å². The van der Waals surface area contributed by atoms with Crippen LogP contribution in [0.4, 0.5) is 4.39 Å². The van der Waals surface area contributed by atoms with Crippen LogP contribution >= 0.6 is 0 Å². The lowest BCUT2D eigenvalue weighted by Gasteiger charge is -2.17. The average Bonchev–Trinajstić information content (AvgIpc) is 2.24. The van der Waals surface area contributed by atoms with E-state index >= 15 is 0 Å². The van der Waals surface area contributed by atoms with E-state index in [0.717, 1.165) is 5.56 Å². The summed E-state index contributed by atoms with van der Waals surface area (Å²) in [4.78, 5) is 0. The first-order chi connectivity index (χ1) is 7.69. The number of para-hydroxylation sites is 1. The van der Waals surface area contributed by atoms with Crippen molar-refractivity contribution in [3.63, 3.8) is 0 Å². The summed E-state index contributed by atoms with van der Waals surface area (Å²) < 4.78 is 24.0. The Balaban J connectivity index is 2.83. The molecular formula is C12H18FNO2. The Morgan fingerprint density at radius 1 is 1.44 bits per heavy atom. The zero-order valence-electron chi connectivity index (χ0n) is 9.70. The van der Waals surface area contributed by atoms with E-state index in [2.05, 4.69) is 0 Å². The van der Waals surface area contributed by atoms with Gasteiger partial charge in [-0.15, -0.1) is 0 Å². The number of ether oxygens (including phenoxy) is 2. The second-order valence-electron chi connectivity index (χ2n) is 3.65. The summed E-state index contributed by atoms with van der Waals surface area (Å²) in [5.41, 5.74) is 6.26. The molecule has 0 radical (unpaired) electrons. The summed E-state index contributed by atoms with van der Waals surface area (Å²) >= 11 is 0. The van der Waals surface area contributed by atoms with Crippen molar-refractivity contribution in [3.8, 4) is 5.75 Å². The molecule has 1 aromatic carbocycles.